The van der Waals surface area contributed by atoms with E-state index in [-0.39, 0.29) is 61.4 Å². The number of aromatic nitrogens is 2. The van der Waals surface area contributed by atoms with Gasteiger partial charge in [0.1, 0.15) is 12.1 Å². The van der Waals surface area contributed by atoms with E-state index in [1.807, 2.05) is 27.7 Å². The monoisotopic (exact) mass is 760 g/mol. The number of aliphatic carboxylic acids is 1. The molecule has 300 valence electrons. The zero-order valence-electron chi connectivity index (χ0n) is 33.7. The van der Waals surface area contributed by atoms with Gasteiger partial charge in [-0.3, -0.25) is 28.5 Å². The van der Waals surface area contributed by atoms with Crippen molar-refractivity contribution < 1.29 is 62.0 Å². The first kappa shape index (κ1) is 49.1. The molecule has 0 aromatic carbocycles. The van der Waals surface area contributed by atoms with Crippen molar-refractivity contribution in [2.24, 2.45) is 11.8 Å². The molecular formula is C38H59F2LiN4O9. The number of rotatable bonds is 17. The van der Waals surface area contributed by atoms with E-state index in [0.717, 1.165) is 49.4 Å². The van der Waals surface area contributed by atoms with Crippen LogP contribution in [0.25, 0.3) is 0 Å². The van der Waals surface area contributed by atoms with Crippen LogP contribution in [0.3, 0.4) is 0 Å². The molecule has 2 atom stereocenters. The van der Waals surface area contributed by atoms with Crippen molar-refractivity contribution in [1.82, 2.24) is 18.9 Å². The molecule has 0 aliphatic carbocycles. The summed E-state index contributed by atoms with van der Waals surface area (Å²) >= 11 is 0. The molecule has 13 nitrogen and oxygen atoms in total. The predicted octanol–water partition coefficient (Wildman–Crippen LogP) is 0.987. The number of hydrogen-bond acceptors (Lipinski definition) is 10. The van der Waals surface area contributed by atoms with Gasteiger partial charge in [-0.1, -0.05) is 27.7 Å². The summed E-state index contributed by atoms with van der Waals surface area (Å²) in [4.78, 5) is 53.2. The van der Waals surface area contributed by atoms with Crippen LogP contribution in [0.15, 0.2) is 22.0 Å². The summed E-state index contributed by atoms with van der Waals surface area (Å²) < 4.78 is 46.9. The molecule has 2 aliphatic rings. The van der Waals surface area contributed by atoms with Crippen LogP contribution in [0, 0.1) is 37.3 Å². The molecule has 16 heteroatoms. The maximum Gasteiger partial charge on any atom is 1.00 e. The van der Waals surface area contributed by atoms with E-state index in [0.29, 0.717) is 36.0 Å². The molecule has 0 bridgehead atoms. The number of carbonyl (C=O) groups excluding carboxylic acids is 1. The van der Waals surface area contributed by atoms with E-state index in [9.17, 15) is 33.1 Å². The number of ether oxygens (including phenoxy) is 3. The topological polar surface area (TPSA) is 163 Å². The van der Waals surface area contributed by atoms with Gasteiger partial charge in [-0.25, -0.2) is 18.4 Å². The fourth-order valence-electron chi connectivity index (χ4n) is 6.50. The second kappa shape index (κ2) is 22.6. The van der Waals surface area contributed by atoms with Crippen LogP contribution in [0.1, 0.15) is 81.8 Å². The number of nitrogens with zero attached hydrogens (tertiary/aromatic N) is 4. The summed E-state index contributed by atoms with van der Waals surface area (Å²) in [6, 6.07) is -1.86. The molecule has 2 fully saturated rings. The van der Waals surface area contributed by atoms with Crippen molar-refractivity contribution in [2.45, 2.75) is 98.4 Å². The van der Waals surface area contributed by atoms with E-state index >= 15 is 0 Å². The summed E-state index contributed by atoms with van der Waals surface area (Å²) in [6.45, 7) is 17.7. The molecule has 4 rings (SSSR count). The minimum absolute atomic E-state index is 0. The van der Waals surface area contributed by atoms with Gasteiger partial charge in [0, 0.05) is 65.9 Å². The summed E-state index contributed by atoms with van der Waals surface area (Å²) in [5, 5.41) is 9.47. The third-order valence-electron chi connectivity index (χ3n) is 9.87. The Hall–Kier alpha value is -2.90. The number of esters is 1. The molecule has 0 amide bonds. The predicted molar refractivity (Wildman–Crippen MR) is 196 cm³/mol. The van der Waals surface area contributed by atoms with Crippen molar-refractivity contribution in [3.63, 3.8) is 0 Å². The summed E-state index contributed by atoms with van der Waals surface area (Å²) in [5.41, 5.74) is 0.445. The third kappa shape index (κ3) is 12.8. The van der Waals surface area contributed by atoms with E-state index in [1.165, 1.54) is 10.8 Å². The van der Waals surface area contributed by atoms with Crippen LogP contribution >= 0.6 is 0 Å². The first-order valence-electron chi connectivity index (χ1n) is 18.2. The van der Waals surface area contributed by atoms with E-state index in [2.05, 4.69) is 9.80 Å². The molecule has 2 unspecified atom stereocenters. The number of methoxy groups -OCH3 is 2. The van der Waals surface area contributed by atoms with Gasteiger partial charge in [-0.2, -0.15) is 0 Å². The van der Waals surface area contributed by atoms with Crippen LogP contribution in [-0.4, -0.2) is 114 Å². The number of carbonyl (C=O) groups is 2. The second-order valence-corrected chi connectivity index (χ2v) is 14.7. The van der Waals surface area contributed by atoms with Crippen LogP contribution in [-0.2, 0) is 36.6 Å². The Balaban J connectivity index is 0.000000522. The Kier molecular flexibility index (Phi) is 20.6. The maximum atomic E-state index is 14.6. The van der Waals surface area contributed by atoms with Crippen molar-refractivity contribution in [3.8, 4) is 0 Å². The molecule has 2 aromatic heterocycles. The molecule has 2 aromatic rings. The summed E-state index contributed by atoms with van der Waals surface area (Å²) in [6.07, 6.45) is 5.53. The normalized spacial score (nSPS) is 16.0. The molecule has 2 saturated heterocycles. The van der Waals surface area contributed by atoms with E-state index in [1.54, 1.807) is 41.2 Å². The van der Waals surface area contributed by atoms with Crippen LogP contribution in [0.2, 0.25) is 0 Å². The summed E-state index contributed by atoms with van der Waals surface area (Å²) in [7, 11) is 3.37. The first-order chi connectivity index (χ1) is 24.5. The van der Waals surface area contributed by atoms with Crippen molar-refractivity contribution in [1.29, 1.82) is 0 Å². The molecular weight excluding hydrogens is 701 g/mol. The zero-order chi connectivity index (χ0) is 38.9. The molecule has 0 saturated carbocycles. The smallest absolute Gasteiger partial charge is 0.870 e. The van der Waals surface area contributed by atoms with Crippen molar-refractivity contribution in [3.05, 3.63) is 67.0 Å². The number of carboxylic acids is 1. The Bertz CT molecular complexity index is 1640. The Morgan fingerprint density at radius 3 is 1.48 bits per heavy atom. The Morgan fingerprint density at radius 1 is 0.778 bits per heavy atom. The largest absolute Gasteiger partial charge is 1.00 e. The van der Waals surface area contributed by atoms with Gasteiger partial charge in [0.15, 0.2) is 11.6 Å². The number of halogens is 2. The minimum Gasteiger partial charge on any atom is -0.870 e. The molecule has 0 spiro atoms. The maximum absolute atomic E-state index is 14.6. The van der Waals surface area contributed by atoms with Crippen LogP contribution < -0.4 is 30.0 Å². The molecule has 0 radical (unpaired) electrons. The zero-order valence-corrected chi connectivity index (χ0v) is 33.7. The van der Waals surface area contributed by atoms with Gasteiger partial charge in [0.25, 0.3) is 11.1 Å². The van der Waals surface area contributed by atoms with Gasteiger partial charge in [-0.15, -0.1) is 0 Å². The van der Waals surface area contributed by atoms with Crippen molar-refractivity contribution in [2.75, 3.05) is 60.1 Å². The number of likely N-dealkylation sites (tertiary alicyclic amines) is 2. The van der Waals surface area contributed by atoms with Crippen LogP contribution in [0.4, 0.5) is 8.78 Å². The molecule has 2 N–H and O–H groups in total. The second-order valence-electron chi connectivity index (χ2n) is 14.7. The van der Waals surface area contributed by atoms with Gasteiger partial charge in [-0.05, 0) is 80.5 Å². The van der Waals surface area contributed by atoms with E-state index in [4.69, 9.17) is 14.2 Å². The molecule has 54 heavy (non-hydrogen) atoms. The fraction of sp³-hybridized carbons (Fsp3) is 0.684. The standard InChI is InChI=1S/C20H31FN2O4.C18H27FN2O4.Li.H2O/c1-6-27-20(25)17(9-13(2)3)23-10-15(14(4)18(21)19(23)24)7-8-22-11-16(12-22)26-5;1-11(2)7-15(18(23)24)21-8-13(12(3)16(19)17(21)22)5-6-20-9-14(10-20)25-4;;/h10,13,16-17H,6-9,11-12H2,1-5H3;8,11,14-15H,5-7,9-10H2,1-4H3,(H,23,24);;1H2/q;;+1;/p-1. The minimum atomic E-state index is -1.12. The average Bonchev–Trinajstić information content (AvgIpc) is 3.05. The summed E-state index contributed by atoms with van der Waals surface area (Å²) in [5.74, 6) is -3.02. The van der Waals surface area contributed by atoms with Crippen LogP contribution in [0.5, 0.6) is 0 Å². The first-order valence-corrected chi connectivity index (χ1v) is 18.2. The number of carboxylic acid groups (broad SMARTS) is 1. The number of hydrogen-bond donors (Lipinski definition) is 1. The van der Waals surface area contributed by atoms with Gasteiger partial charge in [0.05, 0.1) is 18.8 Å². The van der Waals surface area contributed by atoms with Crippen molar-refractivity contribution >= 4 is 11.9 Å². The fourth-order valence-corrected chi connectivity index (χ4v) is 6.50. The van der Waals surface area contributed by atoms with Gasteiger partial charge < -0.3 is 24.8 Å². The molecule has 2 aliphatic heterocycles. The Labute approximate surface area is 329 Å². The average molecular weight is 761 g/mol. The molecule has 4 heterocycles. The quantitative estimate of drug-likeness (QED) is 0.181. The third-order valence-corrected chi connectivity index (χ3v) is 9.87. The van der Waals surface area contributed by atoms with Gasteiger partial charge >= 0.3 is 30.8 Å². The SMILES string of the molecule is CCOC(=O)C(CC(C)C)n1cc(CCN2CC(OC)C2)c(C)c(F)c1=O.COC1CN(CCc2cn(C(CC(C)C)C(=O)O)c(=O)c(F)c2C)C1.[Li+].[OH-]. The van der Waals surface area contributed by atoms with E-state index < -0.39 is 46.8 Å². The Morgan fingerprint density at radius 2 is 1.15 bits per heavy atom. The van der Waals surface area contributed by atoms with Gasteiger partial charge in [0.2, 0.25) is 0 Å². The number of pyridine rings is 2.